The van der Waals surface area contributed by atoms with E-state index >= 15 is 0 Å². The maximum Gasteiger partial charge on any atom is 0.410 e. The van der Waals surface area contributed by atoms with Gasteiger partial charge in [0.1, 0.15) is 6.04 Å². The SMILES string of the molecule is CCOC(=O)[C@H](NC(=O)OCOC(=O)c1ccccc1)C(C)(C)SC(=O)OCOC(=O)c1ccccc1. The van der Waals surface area contributed by atoms with E-state index in [1.165, 1.54) is 26.0 Å². The average Bonchev–Trinajstić information content (AvgIpc) is 2.87. The number of rotatable bonds is 11. The number of thioether (sulfide) groups is 1. The molecule has 2 aromatic rings. The van der Waals surface area contributed by atoms with Gasteiger partial charge in [-0.3, -0.25) is 0 Å². The molecule has 12 heteroatoms. The second-order valence-corrected chi connectivity index (χ2v) is 9.28. The van der Waals surface area contributed by atoms with Crippen LogP contribution in [0, 0.1) is 0 Å². The van der Waals surface area contributed by atoms with E-state index in [-0.39, 0.29) is 17.7 Å². The summed E-state index contributed by atoms with van der Waals surface area (Å²) in [7, 11) is 0. The Bertz CT molecular complexity index is 1080. The highest BCUT2D eigenvalue weighted by Crippen LogP contribution is 2.31. The summed E-state index contributed by atoms with van der Waals surface area (Å²) in [6, 6.07) is 14.8. The third kappa shape index (κ3) is 9.84. The molecule has 0 aromatic heterocycles. The van der Waals surface area contributed by atoms with Crippen LogP contribution < -0.4 is 5.32 Å². The zero-order valence-corrected chi connectivity index (χ0v) is 21.3. The molecule has 2 aromatic carbocycles. The van der Waals surface area contributed by atoms with Gasteiger partial charge in [0.15, 0.2) is 0 Å². The summed E-state index contributed by atoms with van der Waals surface area (Å²) in [5.74, 6) is -2.22. The van der Waals surface area contributed by atoms with Gasteiger partial charge in [0.2, 0.25) is 13.6 Å². The van der Waals surface area contributed by atoms with E-state index in [4.69, 9.17) is 23.7 Å². The fraction of sp³-hybridized carbons (Fsp3) is 0.320. The molecule has 0 unspecified atom stereocenters. The van der Waals surface area contributed by atoms with E-state index in [0.29, 0.717) is 11.8 Å². The van der Waals surface area contributed by atoms with Crippen molar-refractivity contribution < 1.29 is 47.7 Å². The number of benzene rings is 2. The molecule has 0 saturated heterocycles. The lowest BCUT2D eigenvalue weighted by Gasteiger charge is -2.31. The fourth-order valence-corrected chi connectivity index (χ4v) is 3.60. The molecule has 0 aliphatic rings. The summed E-state index contributed by atoms with van der Waals surface area (Å²) < 4.78 is 23.3. The maximum atomic E-state index is 12.5. The molecular formula is C25H27NO10S. The number of alkyl carbamates (subject to hydrolysis) is 1. The van der Waals surface area contributed by atoms with Crippen LogP contribution in [-0.4, -0.2) is 60.3 Å². The van der Waals surface area contributed by atoms with Gasteiger partial charge < -0.3 is 29.0 Å². The standard InChI is InChI=1S/C25H27NO10S/c1-4-32-22(29)19(26-23(30)35-15-33-20(27)17-11-7-5-8-12-17)25(2,3)37-24(31)36-16-34-21(28)18-13-9-6-10-14-18/h5-14,19H,4,15-16H2,1-3H3,(H,26,30)/t19-/m0/s1. The minimum Gasteiger partial charge on any atom is -0.464 e. The van der Waals surface area contributed by atoms with Gasteiger partial charge in [-0.05, 0) is 56.8 Å². The Morgan fingerprint density at radius 3 is 1.73 bits per heavy atom. The Labute approximate surface area is 217 Å². The molecule has 1 amide bonds. The van der Waals surface area contributed by atoms with Crippen LogP contribution in [0.4, 0.5) is 9.59 Å². The summed E-state index contributed by atoms with van der Waals surface area (Å²) in [5, 5.41) is 1.45. The van der Waals surface area contributed by atoms with E-state index in [0.717, 1.165) is 0 Å². The smallest absolute Gasteiger partial charge is 0.410 e. The molecule has 198 valence electrons. The number of hydrogen-bond acceptors (Lipinski definition) is 11. The molecule has 0 spiro atoms. The minimum absolute atomic E-state index is 0.0153. The van der Waals surface area contributed by atoms with Crippen LogP contribution in [-0.2, 0) is 28.5 Å². The Hall–Kier alpha value is -4.06. The predicted octanol–water partition coefficient (Wildman–Crippen LogP) is 3.92. The van der Waals surface area contributed by atoms with Crippen LogP contribution in [0.2, 0.25) is 0 Å². The molecule has 1 N–H and O–H groups in total. The number of amides is 1. The largest absolute Gasteiger partial charge is 0.464 e. The first kappa shape index (κ1) is 29.2. The van der Waals surface area contributed by atoms with Crippen LogP contribution in [0.3, 0.4) is 0 Å². The first-order chi connectivity index (χ1) is 17.6. The molecule has 0 radical (unpaired) electrons. The summed E-state index contributed by atoms with van der Waals surface area (Å²) in [4.78, 5) is 61.0. The van der Waals surface area contributed by atoms with Crippen molar-refractivity contribution in [2.24, 2.45) is 0 Å². The van der Waals surface area contributed by atoms with Crippen molar-refractivity contribution in [3.8, 4) is 0 Å². The summed E-state index contributed by atoms with van der Waals surface area (Å²) in [6.45, 7) is 3.21. The zero-order valence-electron chi connectivity index (χ0n) is 20.5. The molecule has 37 heavy (non-hydrogen) atoms. The van der Waals surface area contributed by atoms with Gasteiger partial charge in [0, 0.05) is 0 Å². The summed E-state index contributed by atoms with van der Waals surface area (Å²) in [5.41, 5.74) is 0.549. The number of hydrogen-bond donors (Lipinski definition) is 1. The maximum absolute atomic E-state index is 12.5. The average molecular weight is 534 g/mol. The third-order valence-electron chi connectivity index (χ3n) is 4.59. The van der Waals surface area contributed by atoms with Crippen LogP contribution >= 0.6 is 11.8 Å². The highest BCUT2D eigenvalue weighted by atomic mass is 32.2. The number of esters is 3. The van der Waals surface area contributed by atoms with Gasteiger partial charge in [-0.15, -0.1) is 0 Å². The first-order valence-corrected chi connectivity index (χ1v) is 11.9. The molecule has 0 heterocycles. The van der Waals surface area contributed by atoms with Crippen molar-refractivity contribution >= 4 is 41.1 Å². The van der Waals surface area contributed by atoms with Crippen LogP contribution in [0.1, 0.15) is 41.5 Å². The van der Waals surface area contributed by atoms with Crippen molar-refractivity contribution in [1.29, 1.82) is 0 Å². The number of ether oxygens (including phenoxy) is 5. The Kier molecular flexibility index (Phi) is 11.4. The molecule has 0 fully saturated rings. The van der Waals surface area contributed by atoms with E-state index < -0.39 is 53.7 Å². The first-order valence-electron chi connectivity index (χ1n) is 11.0. The Balaban J connectivity index is 1.88. The highest BCUT2D eigenvalue weighted by molar-refractivity contribution is 8.14. The number of nitrogens with one attached hydrogen (secondary N) is 1. The van der Waals surface area contributed by atoms with Crippen molar-refractivity contribution in [3.05, 3.63) is 71.8 Å². The molecule has 0 saturated carbocycles. The van der Waals surface area contributed by atoms with Crippen LogP contribution in [0.5, 0.6) is 0 Å². The van der Waals surface area contributed by atoms with Gasteiger partial charge >= 0.3 is 29.3 Å². The normalized spacial score (nSPS) is 11.4. The molecule has 11 nitrogen and oxygen atoms in total. The quantitative estimate of drug-likeness (QED) is 0.255. The molecular weight excluding hydrogens is 506 g/mol. The predicted molar refractivity (Wildman–Crippen MR) is 132 cm³/mol. The minimum atomic E-state index is -1.35. The molecule has 2 rings (SSSR count). The summed E-state index contributed by atoms with van der Waals surface area (Å²) >= 11 is 0.571. The lowest BCUT2D eigenvalue weighted by molar-refractivity contribution is -0.146. The topological polar surface area (TPSA) is 144 Å². The lowest BCUT2D eigenvalue weighted by Crippen LogP contribution is -2.53. The highest BCUT2D eigenvalue weighted by Gasteiger charge is 2.41. The molecule has 1 atom stereocenters. The van der Waals surface area contributed by atoms with Crippen molar-refractivity contribution in [1.82, 2.24) is 5.32 Å². The number of carbonyl (C=O) groups excluding carboxylic acids is 5. The van der Waals surface area contributed by atoms with E-state index in [1.807, 2.05) is 0 Å². The molecule has 0 bridgehead atoms. The van der Waals surface area contributed by atoms with Crippen molar-refractivity contribution in [2.45, 2.75) is 31.6 Å². The van der Waals surface area contributed by atoms with Gasteiger partial charge in [-0.25, -0.2) is 24.0 Å². The lowest BCUT2D eigenvalue weighted by atomic mass is 10.0. The van der Waals surface area contributed by atoms with Gasteiger partial charge in [-0.2, -0.15) is 0 Å². The van der Waals surface area contributed by atoms with E-state index in [9.17, 15) is 24.0 Å². The molecule has 0 aliphatic carbocycles. The van der Waals surface area contributed by atoms with Crippen LogP contribution in [0.25, 0.3) is 0 Å². The van der Waals surface area contributed by atoms with Crippen LogP contribution in [0.15, 0.2) is 60.7 Å². The monoisotopic (exact) mass is 533 g/mol. The Morgan fingerprint density at radius 1 is 0.757 bits per heavy atom. The molecule has 0 aliphatic heterocycles. The third-order valence-corrected chi connectivity index (χ3v) is 5.64. The second-order valence-electron chi connectivity index (χ2n) is 7.69. The number of carbonyl (C=O) groups is 5. The van der Waals surface area contributed by atoms with E-state index in [1.54, 1.807) is 55.5 Å². The zero-order chi connectivity index (χ0) is 27.3. The summed E-state index contributed by atoms with van der Waals surface area (Å²) in [6.07, 6.45) is -1.09. The van der Waals surface area contributed by atoms with E-state index in [2.05, 4.69) is 5.32 Å². The van der Waals surface area contributed by atoms with Gasteiger partial charge in [0.05, 0.1) is 22.5 Å². The Morgan fingerprint density at radius 2 is 1.24 bits per heavy atom. The van der Waals surface area contributed by atoms with Gasteiger partial charge in [-0.1, -0.05) is 36.4 Å². The second kappa shape index (κ2) is 14.5. The van der Waals surface area contributed by atoms with Crippen molar-refractivity contribution in [3.63, 3.8) is 0 Å². The van der Waals surface area contributed by atoms with Crippen molar-refractivity contribution in [2.75, 3.05) is 20.2 Å². The fourth-order valence-electron chi connectivity index (χ4n) is 2.79. The van der Waals surface area contributed by atoms with Gasteiger partial charge in [0.25, 0.3) is 0 Å².